The maximum absolute atomic E-state index is 13.2. The number of amides is 1. The van der Waals surface area contributed by atoms with Crippen LogP contribution in [0.1, 0.15) is 70.6 Å². The number of aryl methyl sites for hydroxylation is 4. The lowest BCUT2D eigenvalue weighted by atomic mass is 9.84. The second-order valence-electron chi connectivity index (χ2n) is 12.4. The fourth-order valence-electron chi connectivity index (χ4n) is 5.46. The Morgan fingerprint density at radius 2 is 1.39 bits per heavy atom. The molecule has 5 rings (SSSR count). The van der Waals surface area contributed by atoms with Gasteiger partial charge in [-0.15, -0.1) is 0 Å². The Hall–Kier alpha value is -4.33. The summed E-state index contributed by atoms with van der Waals surface area (Å²) in [6.45, 7) is 15.8. The fraction of sp³-hybridized carbons (Fsp3) is 0.270. The van der Waals surface area contributed by atoms with E-state index in [1.54, 1.807) is 12.1 Å². The van der Waals surface area contributed by atoms with Crippen LogP contribution in [-0.2, 0) is 9.53 Å². The number of nitrogens with zero attached hydrogens (tertiary/aromatic N) is 1. The highest BCUT2D eigenvalue weighted by atomic mass is 32.1. The van der Waals surface area contributed by atoms with Gasteiger partial charge in [0.05, 0.1) is 15.8 Å². The van der Waals surface area contributed by atoms with Crippen LogP contribution < -0.4 is 5.32 Å². The van der Waals surface area contributed by atoms with Gasteiger partial charge in [-0.1, -0.05) is 65.9 Å². The van der Waals surface area contributed by atoms with Gasteiger partial charge in [-0.2, -0.15) is 0 Å². The molecule has 226 valence electrons. The molecule has 1 unspecified atom stereocenters. The molecule has 0 bridgehead atoms. The number of anilines is 1. The van der Waals surface area contributed by atoms with Crippen LogP contribution in [0, 0.1) is 34.6 Å². The molecule has 0 aliphatic carbocycles. The first-order chi connectivity index (χ1) is 20.7. The van der Waals surface area contributed by atoms with Gasteiger partial charge in [-0.05, 0) is 112 Å². The van der Waals surface area contributed by atoms with E-state index in [0.717, 1.165) is 44.5 Å². The SMILES string of the molecule is Cc1ccc(-c2c(C)c(-c3ccc(C)c(C)c3)c3nc(NC(=O)c4ccccc4)sc3c2C(OC(C)(C)C)C(=O)O)cc1C. The van der Waals surface area contributed by atoms with Gasteiger partial charge >= 0.3 is 5.97 Å². The van der Waals surface area contributed by atoms with E-state index in [-0.39, 0.29) is 5.91 Å². The maximum atomic E-state index is 13.2. The van der Waals surface area contributed by atoms with Gasteiger partial charge in [0.1, 0.15) is 0 Å². The summed E-state index contributed by atoms with van der Waals surface area (Å²) in [5.74, 6) is -1.38. The van der Waals surface area contributed by atoms with Gasteiger partial charge in [-0.3, -0.25) is 10.1 Å². The van der Waals surface area contributed by atoms with Gasteiger partial charge in [0.2, 0.25) is 0 Å². The molecule has 1 atom stereocenters. The zero-order chi connectivity index (χ0) is 31.9. The summed E-state index contributed by atoms with van der Waals surface area (Å²) in [7, 11) is 0. The van der Waals surface area contributed by atoms with Gasteiger partial charge in [-0.25, -0.2) is 9.78 Å². The van der Waals surface area contributed by atoms with Crippen molar-refractivity contribution in [3.63, 3.8) is 0 Å². The number of carboxylic acids is 1. The molecule has 6 nitrogen and oxygen atoms in total. The molecule has 44 heavy (non-hydrogen) atoms. The first-order valence-corrected chi connectivity index (χ1v) is 15.5. The highest BCUT2D eigenvalue weighted by molar-refractivity contribution is 7.22. The Morgan fingerprint density at radius 3 is 1.91 bits per heavy atom. The molecule has 0 saturated heterocycles. The molecule has 1 heterocycles. The Balaban J connectivity index is 1.89. The molecule has 0 saturated carbocycles. The molecular formula is C37H38N2O4S. The Bertz CT molecular complexity index is 1900. The predicted molar refractivity (Wildman–Crippen MR) is 180 cm³/mol. The molecule has 7 heteroatoms. The van der Waals surface area contributed by atoms with E-state index in [9.17, 15) is 14.7 Å². The molecule has 4 aromatic carbocycles. The van der Waals surface area contributed by atoms with Crippen molar-refractivity contribution >= 4 is 38.6 Å². The fourth-order valence-corrected chi connectivity index (χ4v) is 6.50. The zero-order valence-electron chi connectivity index (χ0n) is 26.5. The van der Waals surface area contributed by atoms with Crippen molar-refractivity contribution in [1.29, 1.82) is 0 Å². The highest BCUT2D eigenvalue weighted by Crippen LogP contribution is 2.48. The maximum Gasteiger partial charge on any atom is 0.337 e. The molecule has 5 aromatic rings. The zero-order valence-corrected chi connectivity index (χ0v) is 27.3. The lowest BCUT2D eigenvalue weighted by molar-refractivity contribution is -0.160. The summed E-state index contributed by atoms with van der Waals surface area (Å²) in [5.41, 5.74) is 9.96. The second-order valence-corrected chi connectivity index (χ2v) is 13.4. The van der Waals surface area contributed by atoms with Crippen LogP contribution in [0.4, 0.5) is 5.13 Å². The molecule has 0 spiro atoms. The van der Waals surface area contributed by atoms with Gasteiger partial charge in [0, 0.05) is 16.7 Å². The minimum Gasteiger partial charge on any atom is -0.479 e. The third-order valence-corrected chi connectivity index (χ3v) is 8.94. The van der Waals surface area contributed by atoms with E-state index in [2.05, 4.69) is 63.3 Å². The van der Waals surface area contributed by atoms with Crippen LogP contribution in [-0.4, -0.2) is 27.6 Å². The predicted octanol–water partition coefficient (Wildman–Crippen LogP) is 9.37. The van der Waals surface area contributed by atoms with Crippen molar-refractivity contribution in [3.8, 4) is 22.3 Å². The molecule has 0 radical (unpaired) electrons. The highest BCUT2D eigenvalue weighted by Gasteiger charge is 2.34. The average Bonchev–Trinajstić information content (AvgIpc) is 3.37. The smallest absolute Gasteiger partial charge is 0.337 e. The minimum atomic E-state index is -1.28. The number of hydrogen-bond donors (Lipinski definition) is 2. The number of aromatic nitrogens is 1. The summed E-state index contributed by atoms with van der Waals surface area (Å²) in [4.78, 5) is 31.2. The van der Waals surface area contributed by atoms with Gasteiger partial charge in [0.15, 0.2) is 11.2 Å². The van der Waals surface area contributed by atoms with Crippen molar-refractivity contribution < 1.29 is 19.4 Å². The van der Waals surface area contributed by atoms with Crippen LogP contribution in [0.5, 0.6) is 0 Å². The lowest BCUT2D eigenvalue weighted by Crippen LogP contribution is -2.28. The minimum absolute atomic E-state index is 0.286. The number of benzene rings is 4. The van der Waals surface area contributed by atoms with Crippen molar-refractivity contribution in [2.24, 2.45) is 0 Å². The molecule has 2 N–H and O–H groups in total. The molecule has 1 aromatic heterocycles. The summed E-state index contributed by atoms with van der Waals surface area (Å²) < 4.78 is 6.96. The summed E-state index contributed by atoms with van der Waals surface area (Å²) in [5, 5.41) is 14.0. The molecular weight excluding hydrogens is 568 g/mol. The largest absolute Gasteiger partial charge is 0.479 e. The van der Waals surface area contributed by atoms with E-state index < -0.39 is 17.7 Å². The van der Waals surface area contributed by atoms with Crippen LogP contribution in [0.25, 0.3) is 32.5 Å². The van der Waals surface area contributed by atoms with Gasteiger partial charge < -0.3 is 9.84 Å². The summed E-state index contributed by atoms with van der Waals surface area (Å²) in [6.07, 6.45) is -1.28. The van der Waals surface area contributed by atoms with Crippen LogP contribution in [0.2, 0.25) is 0 Å². The number of hydrogen-bond acceptors (Lipinski definition) is 5. The number of ether oxygens (including phenoxy) is 1. The van der Waals surface area contributed by atoms with Crippen LogP contribution in [0.15, 0.2) is 66.7 Å². The number of rotatable bonds is 7. The standard InChI is InChI=1S/C37H38N2O4S/c1-20-14-16-26(18-22(20)3)28-24(5)29(27-17-15-21(2)23(4)19-27)31-33(30(28)32(35(41)42)43-37(6,7)8)44-36(38-31)39-34(40)25-12-10-9-11-13-25/h9-19,32H,1-8H3,(H,41,42)(H,38,39,40). The number of thiazole rings is 1. The van der Waals surface area contributed by atoms with Crippen molar-refractivity contribution in [2.45, 2.75) is 67.1 Å². The number of aliphatic carboxylic acids is 1. The number of carbonyl (C=O) groups excluding carboxylic acids is 1. The third-order valence-electron chi connectivity index (χ3n) is 7.93. The van der Waals surface area contributed by atoms with E-state index >= 15 is 0 Å². The normalized spacial score (nSPS) is 12.4. The summed E-state index contributed by atoms with van der Waals surface area (Å²) >= 11 is 1.27. The molecule has 1 amide bonds. The molecule has 0 aliphatic heterocycles. The van der Waals surface area contributed by atoms with Gasteiger partial charge in [0.25, 0.3) is 5.91 Å². The average molecular weight is 607 g/mol. The Kier molecular flexibility index (Phi) is 8.47. The second kappa shape index (κ2) is 12.0. The molecule has 0 fully saturated rings. The third kappa shape index (κ3) is 6.16. The summed E-state index contributed by atoms with van der Waals surface area (Å²) in [6, 6.07) is 21.5. The molecule has 0 aliphatic rings. The van der Waals surface area contributed by atoms with E-state index in [4.69, 9.17) is 9.72 Å². The Morgan fingerprint density at radius 1 is 0.818 bits per heavy atom. The quantitative estimate of drug-likeness (QED) is 0.193. The first-order valence-electron chi connectivity index (χ1n) is 14.6. The van der Waals surface area contributed by atoms with Crippen molar-refractivity contribution in [2.75, 3.05) is 5.32 Å². The lowest BCUT2D eigenvalue weighted by Gasteiger charge is -2.28. The topological polar surface area (TPSA) is 88.5 Å². The number of nitrogens with one attached hydrogen (secondary N) is 1. The number of carboxylic acid groups (broad SMARTS) is 1. The number of carbonyl (C=O) groups is 2. The van der Waals surface area contributed by atoms with E-state index in [1.807, 2.05) is 52.0 Å². The number of fused-ring (bicyclic) bond motifs is 1. The van der Waals surface area contributed by atoms with Crippen molar-refractivity contribution in [3.05, 3.63) is 106 Å². The van der Waals surface area contributed by atoms with Crippen molar-refractivity contribution in [1.82, 2.24) is 4.98 Å². The van der Waals surface area contributed by atoms with Crippen LogP contribution in [0.3, 0.4) is 0 Å². The van der Waals surface area contributed by atoms with Crippen LogP contribution >= 0.6 is 11.3 Å². The van der Waals surface area contributed by atoms with E-state index in [1.165, 1.54) is 16.9 Å². The Labute approximate surface area is 262 Å². The van der Waals surface area contributed by atoms with E-state index in [0.29, 0.717) is 26.5 Å². The monoisotopic (exact) mass is 606 g/mol. The first kappa shape index (κ1) is 31.1.